The average Bonchev–Trinajstić information content (AvgIpc) is 3.00. The number of imidazole rings is 1. The second-order valence-electron chi connectivity index (χ2n) is 6.84. The lowest BCUT2D eigenvalue weighted by Crippen LogP contribution is -2.29. The van der Waals surface area contributed by atoms with E-state index in [1.54, 1.807) is 33.4 Å². The van der Waals surface area contributed by atoms with Crippen LogP contribution >= 0.6 is 31.9 Å². The van der Waals surface area contributed by atoms with Crippen LogP contribution in [-0.2, 0) is 13.1 Å². The maximum absolute atomic E-state index is 12.8. The Balaban J connectivity index is 1.70. The van der Waals surface area contributed by atoms with Gasteiger partial charge in [-0.15, -0.1) is 0 Å². The highest BCUT2D eigenvalue weighted by Crippen LogP contribution is 2.17. The first kappa shape index (κ1) is 20.5. The Bertz CT molecular complexity index is 1200. The van der Waals surface area contributed by atoms with Crippen molar-refractivity contribution in [1.29, 1.82) is 5.41 Å². The normalized spacial score (nSPS) is 11.0. The maximum Gasteiger partial charge on any atom is 0.203 e. The van der Waals surface area contributed by atoms with Gasteiger partial charge < -0.3 is 9.13 Å². The lowest BCUT2D eigenvalue weighted by Gasteiger charge is -2.05. The predicted octanol–water partition coefficient (Wildman–Crippen LogP) is 5.21. The van der Waals surface area contributed by atoms with Gasteiger partial charge in [0.2, 0.25) is 5.62 Å². The number of carbonyl (C=O) groups is 2. The first-order valence-corrected chi connectivity index (χ1v) is 10.8. The molecule has 0 aliphatic carbocycles. The van der Waals surface area contributed by atoms with Crippen molar-refractivity contribution < 1.29 is 9.59 Å². The van der Waals surface area contributed by atoms with Crippen molar-refractivity contribution in [3.8, 4) is 0 Å². The minimum atomic E-state index is -0.0943. The average molecular weight is 527 g/mol. The molecule has 0 bridgehead atoms. The van der Waals surface area contributed by atoms with E-state index in [0.717, 1.165) is 20.0 Å². The molecule has 0 saturated carbocycles. The highest BCUT2D eigenvalue weighted by Gasteiger charge is 2.17. The molecule has 1 heterocycles. The molecule has 150 valence electrons. The molecule has 4 aromatic rings. The molecule has 1 aromatic heterocycles. The second-order valence-corrected chi connectivity index (χ2v) is 8.68. The summed E-state index contributed by atoms with van der Waals surface area (Å²) in [6.07, 6.45) is 0. The van der Waals surface area contributed by atoms with Crippen molar-refractivity contribution in [1.82, 2.24) is 9.13 Å². The molecule has 0 amide bonds. The van der Waals surface area contributed by atoms with Crippen molar-refractivity contribution in [2.45, 2.75) is 13.1 Å². The number of hydrogen-bond acceptors (Lipinski definition) is 3. The minimum Gasteiger partial charge on any atom is -0.303 e. The van der Waals surface area contributed by atoms with Crippen molar-refractivity contribution in [2.24, 2.45) is 0 Å². The summed E-state index contributed by atoms with van der Waals surface area (Å²) < 4.78 is 5.09. The van der Waals surface area contributed by atoms with Gasteiger partial charge in [-0.05, 0) is 36.4 Å². The molecule has 0 aliphatic rings. The van der Waals surface area contributed by atoms with Gasteiger partial charge in [-0.3, -0.25) is 15.0 Å². The monoisotopic (exact) mass is 525 g/mol. The van der Waals surface area contributed by atoms with Gasteiger partial charge in [-0.2, -0.15) is 0 Å². The fraction of sp³-hybridized carbons (Fsp3) is 0.0870. The van der Waals surface area contributed by atoms with E-state index in [-0.39, 0.29) is 30.3 Å². The third kappa shape index (κ3) is 4.08. The number of Topliss-reactive ketones (excluding diaryl/α,β-unsaturated/α-hetero) is 2. The Labute approximate surface area is 189 Å². The van der Waals surface area contributed by atoms with Gasteiger partial charge in [0.25, 0.3) is 0 Å². The molecule has 0 radical (unpaired) electrons. The van der Waals surface area contributed by atoms with Gasteiger partial charge in [-0.25, -0.2) is 0 Å². The van der Waals surface area contributed by atoms with Gasteiger partial charge in [0, 0.05) is 20.1 Å². The van der Waals surface area contributed by atoms with Crippen LogP contribution in [0.15, 0.2) is 81.7 Å². The van der Waals surface area contributed by atoms with E-state index in [9.17, 15) is 9.59 Å². The standard InChI is InChI=1S/C23H17Br2N3O2/c24-17-9-5-15(6-10-17)21(29)13-27-19-3-1-2-4-20(19)28(23(27)26)14-22(30)16-7-11-18(25)12-8-16/h1-12,26H,13-14H2. The number of hydrogen-bond donors (Lipinski definition) is 1. The van der Waals surface area contributed by atoms with Gasteiger partial charge >= 0.3 is 0 Å². The number of rotatable bonds is 6. The van der Waals surface area contributed by atoms with Gasteiger partial charge in [-0.1, -0.05) is 68.3 Å². The third-order valence-electron chi connectivity index (χ3n) is 4.91. The molecule has 4 rings (SSSR count). The highest BCUT2D eigenvalue weighted by molar-refractivity contribution is 9.10. The second kappa shape index (κ2) is 8.53. The van der Waals surface area contributed by atoms with Gasteiger partial charge in [0.05, 0.1) is 24.1 Å². The molecule has 5 nitrogen and oxygen atoms in total. The van der Waals surface area contributed by atoms with Crippen LogP contribution in [0.1, 0.15) is 20.7 Å². The summed E-state index contributed by atoms with van der Waals surface area (Å²) in [5, 5.41) is 8.66. The van der Waals surface area contributed by atoms with Crippen molar-refractivity contribution in [3.63, 3.8) is 0 Å². The molecule has 0 spiro atoms. The Morgan fingerprint density at radius 1 is 0.667 bits per heavy atom. The maximum atomic E-state index is 12.8. The summed E-state index contributed by atoms with van der Waals surface area (Å²) in [6, 6.07) is 21.8. The predicted molar refractivity (Wildman–Crippen MR) is 123 cm³/mol. The minimum absolute atomic E-state index is 0.0282. The van der Waals surface area contributed by atoms with E-state index in [2.05, 4.69) is 31.9 Å². The SMILES string of the molecule is N=c1n(CC(=O)c2ccc(Br)cc2)c2ccccc2n1CC(=O)c1ccc(Br)cc1. The summed E-state index contributed by atoms with van der Waals surface area (Å²) in [6.45, 7) is 0.0565. The molecule has 0 fully saturated rings. The lowest BCUT2D eigenvalue weighted by atomic mass is 10.1. The number of fused-ring (bicyclic) bond motifs is 1. The van der Waals surface area contributed by atoms with Crippen LogP contribution in [0.2, 0.25) is 0 Å². The Kier molecular flexibility index (Phi) is 5.83. The van der Waals surface area contributed by atoms with Crippen molar-refractivity contribution >= 4 is 54.5 Å². The number of nitrogens with zero attached hydrogens (tertiary/aromatic N) is 2. The summed E-state index contributed by atoms with van der Waals surface area (Å²) in [7, 11) is 0. The van der Waals surface area contributed by atoms with Crippen LogP contribution in [0.5, 0.6) is 0 Å². The fourth-order valence-electron chi connectivity index (χ4n) is 3.36. The van der Waals surface area contributed by atoms with E-state index in [4.69, 9.17) is 5.41 Å². The first-order chi connectivity index (χ1) is 14.4. The van der Waals surface area contributed by atoms with Crippen LogP contribution < -0.4 is 5.62 Å². The number of para-hydroxylation sites is 2. The van der Waals surface area contributed by atoms with Crippen LogP contribution in [0, 0.1) is 5.41 Å². The highest BCUT2D eigenvalue weighted by atomic mass is 79.9. The summed E-state index contributed by atoms with van der Waals surface area (Å²) >= 11 is 6.74. The smallest absolute Gasteiger partial charge is 0.203 e. The van der Waals surface area contributed by atoms with Crippen LogP contribution in [0.4, 0.5) is 0 Å². The number of nitrogens with one attached hydrogen (secondary N) is 1. The zero-order chi connectivity index (χ0) is 21.3. The summed E-state index contributed by atoms with van der Waals surface area (Å²) in [5.74, 6) is -0.189. The number of carbonyl (C=O) groups excluding carboxylic acids is 2. The van der Waals surface area contributed by atoms with Crippen LogP contribution in [0.3, 0.4) is 0 Å². The number of halogens is 2. The van der Waals surface area contributed by atoms with Gasteiger partial charge in [0.1, 0.15) is 0 Å². The molecular weight excluding hydrogens is 510 g/mol. The molecule has 0 unspecified atom stereocenters. The third-order valence-corrected chi connectivity index (χ3v) is 5.97. The molecule has 0 saturated heterocycles. The van der Waals surface area contributed by atoms with Gasteiger partial charge in [0.15, 0.2) is 11.6 Å². The van der Waals surface area contributed by atoms with E-state index in [0.29, 0.717) is 11.1 Å². The van der Waals surface area contributed by atoms with Crippen LogP contribution in [-0.4, -0.2) is 20.7 Å². The molecular formula is C23H17Br2N3O2. The lowest BCUT2D eigenvalue weighted by molar-refractivity contribution is 0.0970. The van der Waals surface area contributed by atoms with E-state index < -0.39 is 0 Å². The number of benzene rings is 3. The Morgan fingerprint density at radius 3 is 1.40 bits per heavy atom. The zero-order valence-electron chi connectivity index (χ0n) is 15.8. The Morgan fingerprint density at radius 2 is 1.03 bits per heavy atom. The molecule has 7 heteroatoms. The molecule has 0 atom stereocenters. The van der Waals surface area contributed by atoms with Crippen molar-refractivity contribution in [2.75, 3.05) is 0 Å². The zero-order valence-corrected chi connectivity index (χ0v) is 19.0. The molecule has 30 heavy (non-hydrogen) atoms. The van der Waals surface area contributed by atoms with Crippen LogP contribution in [0.25, 0.3) is 11.0 Å². The fourth-order valence-corrected chi connectivity index (χ4v) is 3.88. The molecule has 0 aliphatic heterocycles. The van der Waals surface area contributed by atoms with E-state index >= 15 is 0 Å². The summed E-state index contributed by atoms with van der Waals surface area (Å²) in [5.41, 5.74) is 2.76. The van der Waals surface area contributed by atoms with E-state index in [1.807, 2.05) is 48.5 Å². The molecule has 3 aromatic carbocycles. The number of ketones is 2. The largest absolute Gasteiger partial charge is 0.303 e. The van der Waals surface area contributed by atoms with Crippen molar-refractivity contribution in [3.05, 3.63) is 98.5 Å². The summed E-state index contributed by atoms with van der Waals surface area (Å²) in [4.78, 5) is 25.6. The molecule has 1 N–H and O–H groups in total. The Hall–Kier alpha value is -2.77. The number of aromatic nitrogens is 2. The first-order valence-electron chi connectivity index (χ1n) is 9.24. The topological polar surface area (TPSA) is 67.8 Å². The van der Waals surface area contributed by atoms with E-state index in [1.165, 1.54) is 0 Å². The quantitative estimate of drug-likeness (QED) is 0.350.